The fourth-order valence-electron chi connectivity index (χ4n) is 4.63. The quantitative estimate of drug-likeness (QED) is 0.687. The van der Waals surface area contributed by atoms with Gasteiger partial charge in [-0.25, -0.2) is 9.50 Å². The Morgan fingerprint density at radius 3 is 2.71 bits per heavy atom. The highest BCUT2D eigenvalue weighted by molar-refractivity contribution is 5.81. The Bertz CT molecular complexity index is 1230. The van der Waals surface area contributed by atoms with Crippen LogP contribution in [0.2, 0.25) is 0 Å². The number of amides is 2. The molecule has 2 aromatic heterocycles. The second kappa shape index (κ2) is 7.68. The number of H-pyrrole nitrogens is 1. The van der Waals surface area contributed by atoms with Crippen molar-refractivity contribution in [2.75, 3.05) is 13.1 Å². The topological polar surface area (TPSA) is 90.8 Å². The Morgan fingerprint density at radius 2 is 1.97 bits per heavy atom. The molecule has 0 saturated carbocycles. The molecule has 0 aliphatic carbocycles. The lowest BCUT2D eigenvalue weighted by Gasteiger charge is -2.17. The molecule has 0 atom stereocenters. The van der Waals surface area contributed by atoms with Crippen LogP contribution in [0.25, 0.3) is 16.8 Å². The average molecular weight is 419 g/mol. The predicted molar refractivity (Wildman–Crippen MR) is 115 cm³/mol. The third-order valence-electron chi connectivity index (χ3n) is 6.24. The molecule has 2 aliphatic heterocycles. The summed E-state index contributed by atoms with van der Waals surface area (Å²) in [5.41, 5.74) is 4.46. The first kappa shape index (κ1) is 19.5. The number of rotatable bonds is 5. The molecule has 160 valence electrons. The van der Waals surface area contributed by atoms with Gasteiger partial charge in [0, 0.05) is 37.2 Å². The van der Waals surface area contributed by atoms with Crippen molar-refractivity contribution in [1.29, 1.82) is 0 Å². The minimum atomic E-state index is -0.150. The molecular formula is C23H25N5O3. The van der Waals surface area contributed by atoms with Crippen LogP contribution in [0.1, 0.15) is 42.6 Å². The average Bonchev–Trinajstić information content (AvgIpc) is 3.46. The van der Waals surface area contributed by atoms with E-state index < -0.39 is 0 Å². The number of hydrogen-bond donors (Lipinski definition) is 1. The fraction of sp³-hybridized carbons (Fsp3) is 0.391. The maximum atomic E-state index is 13.1. The summed E-state index contributed by atoms with van der Waals surface area (Å²) in [7, 11) is 0. The standard InChI is InChI=1S/C23H25N5O3/c1-15-21(16-7-3-2-4-8-16)22-24-18-14-27(13-17(18)23(31)28(22)25-15)20(30)10-6-12-26-11-5-9-19(26)29/h2-4,7-8,25H,5-6,9-14H2,1H3. The van der Waals surface area contributed by atoms with Crippen molar-refractivity contribution >= 4 is 17.5 Å². The second-order valence-electron chi connectivity index (χ2n) is 8.32. The van der Waals surface area contributed by atoms with E-state index in [1.54, 1.807) is 4.90 Å². The van der Waals surface area contributed by atoms with E-state index in [-0.39, 0.29) is 23.9 Å². The van der Waals surface area contributed by atoms with Crippen LogP contribution >= 0.6 is 0 Å². The first-order valence-electron chi connectivity index (χ1n) is 10.8. The van der Waals surface area contributed by atoms with Gasteiger partial charge < -0.3 is 9.80 Å². The van der Waals surface area contributed by atoms with Gasteiger partial charge >= 0.3 is 0 Å². The lowest BCUT2D eigenvalue weighted by atomic mass is 10.1. The number of fused-ring (bicyclic) bond motifs is 2. The van der Waals surface area contributed by atoms with Gasteiger partial charge in [0.05, 0.1) is 24.3 Å². The van der Waals surface area contributed by atoms with Gasteiger partial charge in [0.25, 0.3) is 5.56 Å². The van der Waals surface area contributed by atoms with Gasteiger partial charge in [0.1, 0.15) is 0 Å². The number of carbonyl (C=O) groups excluding carboxylic acids is 2. The third-order valence-corrected chi connectivity index (χ3v) is 6.24. The summed E-state index contributed by atoms with van der Waals surface area (Å²) in [4.78, 5) is 45.9. The maximum Gasteiger partial charge on any atom is 0.278 e. The number of aromatic nitrogens is 3. The minimum absolute atomic E-state index is 0.00262. The smallest absolute Gasteiger partial charge is 0.278 e. The molecule has 31 heavy (non-hydrogen) atoms. The molecule has 0 unspecified atom stereocenters. The Labute approximate surface area is 179 Å². The molecule has 3 aromatic rings. The fourth-order valence-corrected chi connectivity index (χ4v) is 4.63. The number of carbonyl (C=O) groups is 2. The molecule has 1 saturated heterocycles. The molecule has 2 amide bonds. The number of benzene rings is 1. The van der Waals surface area contributed by atoms with Gasteiger partial charge in [-0.15, -0.1) is 0 Å². The first-order chi connectivity index (χ1) is 15.0. The van der Waals surface area contributed by atoms with Crippen LogP contribution in [-0.4, -0.2) is 49.3 Å². The number of hydrogen-bond acceptors (Lipinski definition) is 4. The van der Waals surface area contributed by atoms with E-state index in [4.69, 9.17) is 4.98 Å². The zero-order valence-electron chi connectivity index (χ0n) is 17.6. The first-order valence-corrected chi connectivity index (χ1v) is 10.8. The molecule has 5 rings (SSSR count). The van der Waals surface area contributed by atoms with Crippen molar-refractivity contribution < 1.29 is 9.59 Å². The zero-order valence-corrected chi connectivity index (χ0v) is 17.6. The van der Waals surface area contributed by atoms with E-state index >= 15 is 0 Å². The van der Waals surface area contributed by atoms with Gasteiger partial charge in [-0.3, -0.25) is 19.5 Å². The maximum absolute atomic E-state index is 13.1. The molecule has 0 radical (unpaired) electrons. The molecule has 1 N–H and O–H groups in total. The molecule has 0 spiro atoms. The molecule has 8 heteroatoms. The van der Waals surface area contributed by atoms with Gasteiger partial charge in [-0.1, -0.05) is 30.3 Å². The zero-order chi connectivity index (χ0) is 21.5. The van der Waals surface area contributed by atoms with Gasteiger partial charge in [-0.2, -0.15) is 0 Å². The Hall–Kier alpha value is -3.42. The normalized spacial score (nSPS) is 15.8. The van der Waals surface area contributed by atoms with Crippen molar-refractivity contribution in [3.63, 3.8) is 0 Å². The highest BCUT2D eigenvalue weighted by atomic mass is 16.2. The summed E-state index contributed by atoms with van der Waals surface area (Å²) in [6.45, 7) is 3.97. The van der Waals surface area contributed by atoms with Crippen molar-refractivity contribution in [3.8, 4) is 11.1 Å². The summed E-state index contributed by atoms with van der Waals surface area (Å²) in [5.74, 6) is 0.176. The Balaban J connectivity index is 1.36. The van der Waals surface area contributed by atoms with Crippen molar-refractivity contribution in [1.82, 2.24) is 24.4 Å². The van der Waals surface area contributed by atoms with E-state index in [9.17, 15) is 14.4 Å². The summed E-state index contributed by atoms with van der Waals surface area (Å²) < 4.78 is 1.49. The van der Waals surface area contributed by atoms with Crippen molar-refractivity contribution in [2.24, 2.45) is 0 Å². The lowest BCUT2D eigenvalue weighted by Crippen LogP contribution is -2.29. The van der Waals surface area contributed by atoms with Gasteiger partial charge in [0.2, 0.25) is 11.8 Å². The highest BCUT2D eigenvalue weighted by Gasteiger charge is 2.29. The van der Waals surface area contributed by atoms with Gasteiger partial charge in [-0.05, 0) is 25.3 Å². The minimum Gasteiger partial charge on any atom is -0.343 e. The second-order valence-corrected chi connectivity index (χ2v) is 8.32. The summed E-state index contributed by atoms with van der Waals surface area (Å²) in [5, 5.41) is 3.14. The van der Waals surface area contributed by atoms with E-state index in [1.807, 2.05) is 42.2 Å². The summed E-state index contributed by atoms with van der Waals surface area (Å²) >= 11 is 0. The van der Waals surface area contributed by atoms with Crippen LogP contribution in [0.5, 0.6) is 0 Å². The number of nitrogens with zero attached hydrogens (tertiary/aromatic N) is 4. The summed E-state index contributed by atoms with van der Waals surface area (Å²) in [6, 6.07) is 9.86. The predicted octanol–water partition coefficient (Wildman–Crippen LogP) is 2.24. The number of nitrogens with one attached hydrogen (secondary N) is 1. The molecular weight excluding hydrogens is 394 g/mol. The molecule has 0 bridgehead atoms. The number of aryl methyl sites for hydroxylation is 1. The monoisotopic (exact) mass is 419 g/mol. The highest BCUT2D eigenvalue weighted by Crippen LogP contribution is 2.28. The molecule has 1 aromatic carbocycles. The van der Waals surface area contributed by atoms with E-state index in [0.717, 1.165) is 29.8 Å². The molecule has 8 nitrogen and oxygen atoms in total. The largest absolute Gasteiger partial charge is 0.343 e. The van der Waals surface area contributed by atoms with Crippen molar-refractivity contribution in [2.45, 2.75) is 45.7 Å². The van der Waals surface area contributed by atoms with E-state index in [1.165, 1.54) is 4.52 Å². The number of aromatic amines is 1. The molecule has 1 fully saturated rings. The molecule has 2 aliphatic rings. The van der Waals surface area contributed by atoms with Crippen LogP contribution < -0.4 is 5.56 Å². The SMILES string of the molecule is Cc1[nH]n2c(=O)c3c(nc2c1-c1ccccc1)CN(C(=O)CCCN1CCCC1=O)C3. The summed E-state index contributed by atoms with van der Waals surface area (Å²) in [6.07, 6.45) is 2.53. The Kier molecular flexibility index (Phi) is 4.84. The van der Waals surface area contributed by atoms with Crippen molar-refractivity contribution in [3.05, 3.63) is 57.6 Å². The Morgan fingerprint density at radius 1 is 1.16 bits per heavy atom. The van der Waals surface area contributed by atoms with Crippen LogP contribution in [0.15, 0.2) is 35.1 Å². The van der Waals surface area contributed by atoms with Gasteiger partial charge in [0.15, 0.2) is 5.65 Å². The van der Waals surface area contributed by atoms with Crippen LogP contribution in [0, 0.1) is 6.92 Å². The van der Waals surface area contributed by atoms with Crippen LogP contribution in [-0.2, 0) is 22.7 Å². The third kappa shape index (κ3) is 3.41. The van der Waals surface area contributed by atoms with E-state index in [0.29, 0.717) is 49.3 Å². The van der Waals surface area contributed by atoms with Crippen LogP contribution in [0.3, 0.4) is 0 Å². The molecule has 4 heterocycles. The lowest BCUT2D eigenvalue weighted by molar-refractivity contribution is -0.133. The van der Waals surface area contributed by atoms with E-state index in [2.05, 4.69) is 5.10 Å². The number of likely N-dealkylation sites (tertiary alicyclic amines) is 1. The van der Waals surface area contributed by atoms with Crippen LogP contribution in [0.4, 0.5) is 0 Å².